The number of hydrogen-bond donors (Lipinski definition) is 1. The highest BCUT2D eigenvalue weighted by Crippen LogP contribution is 2.26. The van der Waals surface area contributed by atoms with Gasteiger partial charge in [0, 0.05) is 49.9 Å². The van der Waals surface area contributed by atoms with Crippen LogP contribution in [0.1, 0.15) is 17.5 Å². The fraction of sp³-hybridized carbons (Fsp3) is 0.273. The third kappa shape index (κ3) is 4.51. The molecule has 3 heterocycles. The van der Waals surface area contributed by atoms with Crippen molar-refractivity contribution in [2.45, 2.75) is 26.3 Å². The van der Waals surface area contributed by atoms with Crippen LogP contribution in [0.25, 0.3) is 0 Å². The first-order valence-electron chi connectivity index (χ1n) is 9.69. The van der Waals surface area contributed by atoms with Crippen LogP contribution >= 0.6 is 0 Å². The summed E-state index contributed by atoms with van der Waals surface area (Å²) < 4.78 is 1.80. The Balaban J connectivity index is 1.33. The molecule has 2 aromatic heterocycles. The molecule has 1 atom stereocenters. The van der Waals surface area contributed by atoms with Gasteiger partial charge < -0.3 is 10.2 Å². The maximum Gasteiger partial charge on any atom is 0.231 e. The standard InChI is InChI=1S/C22H23N5O2/c1-16-2-4-19(5-3-16)27-15-18(14-21(27)28)22(29)24-20-9-13-26(25-20)12-8-17-6-10-23-11-7-17/h2-7,9-11,13,18H,8,12,14-15H2,1H3,(H,24,25,29). The van der Waals surface area contributed by atoms with E-state index in [9.17, 15) is 9.59 Å². The molecule has 0 radical (unpaired) electrons. The van der Waals surface area contributed by atoms with Gasteiger partial charge >= 0.3 is 0 Å². The fourth-order valence-corrected chi connectivity index (χ4v) is 3.43. The second-order valence-electron chi connectivity index (χ2n) is 7.30. The summed E-state index contributed by atoms with van der Waals surface area (Å²) in [6.45, 7) is 3.10. The number of anilines is 2. The third-order valence-electron chi connectivity index (χ3n) is 5.11. The van der Waals surface area contributed by atoms with Crippen molar-refractivity contribution >= 4 is 23.3 Å². The van der Waals surface area contributed by atoms with Crippen LogP contribution in [0.4, 0.5) is 11.5 Å². The molecule has 0 bridgehead atoms. The van der Waals surface area contributed by atoms with Crippen molar-refractivity contribution in [3.63, 3.8) is 0 Å². The molecule has 0 saturated carbocycles. The first-order valence-corrected chi connectivity index (χ1v) is 9.69. The topological polar surface area (TPSA) is 80.1 Å². The molecule has 7 heteroatoms. The van der Waals surface area contributed by atoms with E-state index in [0.29, 0.717) is 18.9 Å². The molecule has 148 valence electrons. The van der Waals surface area contributed by atoms with E-state index in [0.717, 1.165) is 17.7 Å². The SMILES string of the molecule is Cc1ccc(N2CC(C(=O)Nc3ccn(CCc4ccncc4)n3)CC2=O)cc1. The van der Waals surface area contributed by atoms with Crippen molar-refractivity contribution in [1.29, 1.82) is 0 Å². The molecule has 1 unspecified atom stereocenters. The van der Waals surface area contributed by atoms with Crippen molar-refractivity contribution in [2.75, 3.05) is 16.8 Å². The summed E-state index contributed by atoms with van der Waals surface area (Å²) in [5.74, 6) is -0.0824. The maximum absolute atomic E-state index is 12.6. The normalized spacial score (nSPS) is 16.2. The van der Waals surface area contributed by atoms with Gasteiger partial charge in [-0.1, -0.05) is 17.7 Å². The van der Waals surface area contributed by atoms with E-state index in [1.165, 1.54) is 5.56 Å². The lowest BCUT2D eigenvalue weighted by Crippen LogP contribution is -2.28. The van der Waals surface area contributed by atoms with Crippen molar-refractivity contribution in [3.05, 3.63) is 72.2 Å². The molecule has 1 aliphatic rings. The van der Waals surface area contributed by atoms with Crippen molar-refractivity contribution in [2.24, 2.45) is 5.92 Å². The van der Waals surface area contributed by atoms with Crippen LogP contribution < -0.4 is 10.2 Å². The first kappa shape index (κ1) is 18.9. The molecule has 29 heavy (non-hydrogen) atoms. The zero-order valence-electron chi connectivity index (χ0n) is 16.3. The Hall–Kier alpha value is -3.48. The van der Waals surface area contributed by atoms with E-state index in [2.05, 4.69) is 15.4 Å². The Labute approximate surface area is 169 Å². The lowest BCUT2D eigenvalue weighted by Gasteiger charge is -2.16. The Morgan fingerprint density at radius 1 is 1.14 bits per heavy atom. The van der Waals surface area contributed by atoms with Gasteiger partial charge in [0.1, 0.15) is 0 Å². The van der Waals surface area contributed by atoms with Crippen LogP contribution in [-0.2, 0) is 22.6 Å². The van der Waals surface area contributed by atoms with Gasteiger partial charge in [-0.3, -0.25) is 19.3 Å². The highest BCUT2D eigenvalue weighted by atomic mass is 16.2. The van der Waals surface area contributed by atoms with Gasteiger partial charge in [-0.15, -0.1) is 0 Å². The molecule has 3 aromatic rings. The van der Waals surface area contributed by atoms with E-state index in [1.54, 1.807) is 28.0 Å². The van der Waals surface area contributed by atoms with Crippen LogP contribution in [0, 0.1) is 12.8 Å². The van der Waals surface area contributed by atoms with Crippen molar-refractivity contribution in [3.8, 4) is 0 Å². The van der Waals surface area contributed by atoms with E-state index in [-0.39, 0.29) is 24.2 Å². The number of hydrogen-bond acceptors (Lipinski definition) is 4. The van der Waals surface area contributed by atoms with Crippen LogP contribution in [-0.4, -0.2) is 33.1 Å². The first-order chi connectivity index (χ1) is 14.1. The largest absolute Gasteiger partial charge is 0.312 e. The van der Waals surface area contributed by atoms with E-state index < -0.39 is 0 Å². The van der Waals surface area contributed by atoms with Crippen molar-refractivity contribution < 1.29 is 9.59 Å². The lowest BCUT2D eigenvalue weighted by molar-refractivity contribution is -0.122. The van der Waals surface area contributed by atoms with Crippen molar-refractivity contribution in [1.82, 2.24) is 14.8 Å². The Morgan fingerprint density at radius 2 is 1.90 bits per heavy atom. The minimum absolute atomic E-state index is 0.0307. The zero-order valence-corrected chi connectivity index (χ0v) is 16.3. The number of pyridine rings is 1. The quantitative estimate of drug-likeness (QED) is 0.703. The number of carbonyl (C=O) groups is 2. The molecular formula is C22H23N5O2. The van der Waals surface area contributed by atoms with Crippen LogP contribution in [0.15, 0.2) is 61.1 Å². The predicted octanol–water partition coefficient (Wildman–Crippen LogP) is 2.82. The molecule has 4 rings (SSSR count). The molecule has 1 aliphatic heterocycles. The highest BCUT2D eigenvalue weighted by Gasteiger charge is 2.35. The molecule has 7 nitrogen and oxygen atoms in total. The molecule has 0 spiro atoms. The molecule has 0 aliphatic carbocycles. The minimum atomic E-state index is -0.384. The predicted molar refractivity (Wildman–Crippen MR) is 110 cm³/mol. The van der Waals surface area contributed by atoms with Gasteiger partial charge in [0.25, 0.3) is 0 Å². The van der Waals surface area contributed by atoms with Gasteiger partial charge in [-0.05, 0) is 43.2 Å². The number of amides is 2. The van der Waals surface area contributed by atoms with Crippen LogP contribution in [0.3, 0.4) is 0 Å². The Bertz CT molecular complexity index is 998. The van der Waals surface area contributed by atoms with Gasteiger partial charge in [0.2, 0.25) is 11.8 Å². The number of rotatable bonds is 6. The van der Waals surface area contributed by atoms with Gasteiger partial charge in [0.15, 0.2) is 5.82 Å². The van der Waals surface area contributed by atoms with Crippen LogP contribution in [0.2, 0.25) is 0 Å². The molecule has 1 N–H and O–H groups in total. The summed E-state index contributed by atoms with van der Waals surface area (Å²) in [6, 6.07) is 13.5. The smallest absolute Gasteiger partial charge is 0.231 e. The summed E-state index contributed by atoms with van der Waals surface area (Å²) in [7, 11) is 0. The summed E-state index contributed by atoms with van der Waals surface area (Å²) in [5.41, 5.74) is 3.15. The number of carbonyl (C=O) groups excluding carboxylic acids is 2. The number of aryl methyl sites for hydroxylation is 3. The average molecular weight is 389 g/mol. The highest BCUT2D eigenvalue weighted by molar-refractivity contribution is 6.03. The third-order valence-corrected chi connectivity index (χ3v) is 5.11. The number of aromatic nitrogens is 3. The van der Waals surface area contributed by atoms with Crippen LogP contribution in [0.5, 0.6) is 0 Å². The summed E-state index contributed by atoms with van der Waals surface area (Å²) in [4.78, 5) is 30.7. The summed E-state index contributed by atoms with van der Waals surface area (Å²) in [5, 5.41) is 7.26. The summed E-state index contributed by atoms with van der Waals surface area (Å²) in [6.07, 6.45) is 6.43. The second-order valence-corrected chi connectivity index (χ2v) is 7.30. The number of benzene rings is 1. The molecule has 1 aromatic carbocycles. The monoisotopic (exact) mass is 389 g/mol. The fourth-order valence-electron chi connectivity index (χ4n) is 3.43. The van der Waals surface area contributed by atoms with Gasteiger partial charge in [-0.2, -0.15) is 5.10 Å². The number of nitrogens with one attached hydrogen (secondary N) is 1. The molecule has 2 amide bonds. The van der Waals surface area contributed by atoms with Gasteiger partial charge in [0.05, 0.1) is 5.92 Å². The maximum atomic E-state index is 12.6. The number of nitrogens with zero attached hydrogens (tertiary/aromatic N) is 4. The second kappa shape index (κ2) is 8.26. The lowest BCUT2D eigenvalue weighted by atomic mass is 10.1. The zero-order chi connectivity index (χ0) is 20.2. The Kier molecular flexibility index (Phi) is 5.37. The summed E-state index contributed by atoms with van der Waals surface area (Å²) >= 11 is 0. The molecular weight excluding hydrogens is 366 g/mol. The minimum Gasteiger partial charge on any atom is -0.312 e. The van der Waals surface area contributed by atoms with Gasteiger partial charge in [-0.25, -0.2) is 0 Å². The molecule has 1 saturated heterocycles. The Morgan fingerprint density at radius 3 is 2.66 bits per heavy atom. The molecule has 1 fully saturated rings. The van der Waals surface area contributed by atoms with E-state index >= 15 is 0 Å². The average Bonchev–Trinajstić information content (AvgIpc) is 3.34. The van der Waals surface area contributed by atoms with E-state index in [1.807, 2.05) is 49.5 Å². The van der Waals surface area contributed by atoms with E-state index in [4.69, 9.17) is 0 Å².